The predicted octanol–water partition coefficient (Wildman–Crippen LogP) is 4.97. The minimum absolute atomic E-state index is 0.155. The van der Waals surface area contributed by atoms with Crippen LogP contribution < -0.4 is 4.72 Å². The fourth-order valence-corrected chi connectivity index (χ4v) is 4.75. The van der Waals surface area contributed by atoms with E-state index in [0.29, 0.717) is 17.1 Å². The molecule has 10 heteroatoms. The Hall–Kier alpha value is -3.48. The summed E-state index contributed by atoms with van der Waals surface area (Å²) in [5, 5.41) is 8.19. The molecule has 2 heterocycles. The first kappa shape index (κ1) is 21.4. The van der Waals surface area contributed by atoms with Crippen LogP contribution in [0.4, 0.5) is 14.5 Å². The Morgan fingerprint density at radius 3 is 2.70 bits per heavy atom. The third-order valence-corrected chi connectivity index (χ3v) is 6.80. The fourth-order valence-electron chi connectivity index (χ4n) is 3.39. The lowest BCUT2D eigenvalue weighted by Gasteiger charge is -2.10. The molecule has 0 unspecified atom stereocenters. The van der Waals surface area contributed by atoms with Gasteiger partial charge in [0.25, 0.3) is 10.0 Å². The summed E-state index contributed by atoms with van der Waals surface area (Å²) in [6.45, 7) is 0. The van der Waals surface area contributed by atoms with Gasteiger partial charge in [-0.1, -0.05) is 29.5 Å². The van der Waals surface area contributed by atoms with Gasteiger partial charge in [0.05, 0.1) is 16.1 Å². The molecule has 0 bridgehead atoms. The topological polar surface area (TPSA) is 87.7 Å². The number of hydrogen-bond donors (Lipinski definition) is 2. The Balaban J connectivity index is 1.48. The predicted molar refractivity (Wildman–Crippen MR) is 120 cm³/mol. The van der Waals surface area contributed by atoms with E-state index in [1.165, 1.54) is 30.5 Å². The number of nitrogens with one attached hydrogen (secondary N) is 2. The minimum atomic E-state index is -4.15. The molecule has 33 heavy (non-hydrogen) atoms. The highest BCUT2D eigenvalue weighted by Crippen LogP contribution is 2.41. The third-order valence-electron chi connectivity index (χ3n) is 5.20. The van der Waals surface area contributed by atoms with E-state index in [4.69, 9.17) is 11.6 Å². The number of hydrogen-bond acceptors (Lipinski definition) is 4. The molecule has 0 amide bonds. The van der Waals surface area contributed by atoms with Crippen molar-refractivity contribution in [3.63, 3.8) is 0 Å². The number of nitrogens with zero attached hydrogens (tertiary/aromatic N) is 2. The van der Waals surface area contributed by atoms with Gasteiger partial charge < -0.3 is 0 Å². The van der Waals surface area contributed by atoms with Crippen LogP contribution in [0.3, 0.4) is 0 Å². The van der Waals surface area contributed by atoms with Crippen LogP contribution in [0.25, 0.3) is 11.0 Å². The molecule has 166 valence electrons. The van der Waals surface area contributed by atoms with Crippen molar-refractivity contribution < 1.29 is 17.2 Å². The molecule has 1 saturated carbocycles. The molecule has 2 aromatic carbocycles. The standard InChI is InChI=1S/C23H15ClF2N4O2S/c24-15-2-1-3-16(11-15)33(31,32)30-20-9-8-19(25)17(21(20)26)7-4-13-10-18-22(14-5-6-14)28-29-23(18)27-12-13/h1-3,8-12,14,30H,5-6H2,(H,27,28,29). The van der Waals surface area contributed by atoms with Gasteiger partial charge in [0, 0.05) is 33.8 Å². The molecule has 0 spiro atoms. The van der Waals surface area contributed by atoms with Crippen molar-refractivity contribution in [3.05, 3.63) is 82.1 Å². The van der Waals surface area contributed by atoms with Crippen molar-refractivity contribution in [2.45, 2.75) is 23.7 Å². The summed E-state index contributed by atoms with van der Waals surface area (Å²) in [5.41, 5.74) is 0.999. The molecule has 1 fully saturated rings. The van der Waals surface area contributed by atoms with E-state index in [9.17, 15) is 12.8 Å². The van der Waals surface area contributed by atoms with Gasteiger partial charge in [-0.15, -0.1) is 0 Å². The second-order valence-electron chi connectivity index (χ2n) is 7.60. The lowest BCUT2D eigenvalue weighted by Crippen LogP contribution is -2.14. The third kappa shape index (κ3) is 4.27. The molecule has 0 radical (unpaired) electrons. The molecule has 2 aromatic heterocycles. The van der Waals surface area contributed by atoms with E-state index in [0.717, 1.165) is 36.1 Å². The van der Waals surface area contributed by atoms with E-state index < -0.39 is 32.9 Å². The van der Waals surface area contributed by atoms with Crippen LogP contribution >= 0.6 is 11.6 Å². The second-order valence-corrected chi connectivity index (χ2v) is 9.72. The zero-order valence-corrected chi connectivity index (χ0v) is 18.4. The van der Waals surface area contributed by atoms with Crippen molar-refractivity contribution in [3.8, 4) is 11.8 Å². The number of rotatable bonds is 4. The first-order valence-corrected chi connectivity index (χ1v) is 11.8. The van der Waals surface area contributed by atoms with E-state index in [1.807, 2.05) is 0 Å². The molecular formula is C23H15ClF2N4O2S. The van der Waals surface area contributed by atoms with Crippen LogP contribution in [0.5, 0.6) is 0 Å². The Kier molecular flexibility index (Phi) is 5.27. The monoisotopic (exact) mass is 484 g/mol. The summed E-state index contributed by atoms with van der Waals surface area (Å²) in [7, 11) is -4.15. The van der Waals surface area contributed by atoms with Gasteiger partial charge in [0.2, 0.25) is 0 Å². The Morgan fingerprint density at radius 2 is 1.94 bits per heavy atom. The maximum atomic E-state index is 15.0. The van der Waals surface area contributed by atoms with E-state index in [2.05, 4.69) is 31.7 Å². The summed E-state index contributed by atoms with van der Waals surface area (Å²) in [4.78, 5) is 4.09. The van der Waals surface area contributed by atoms with Gasteiger partial charge in [-0.25, -0.2) is 22.2 Å². The summed E-state index contributed by atoms with van der Waals surface area (Å²) in [6.07, 6.45) is 3.61. The Bertz CT molecular complexity index is 1570. The van der Waals surface area contributed by atoms with Gasteiger partial charge in [0.1, 0.15) is 5.82 Å². The van der Waals surface area contributed by atoms with Crippen LogP contribution in [-0.2, 0) is 10.0 Å². The first-order valence-electron chi connectivity index (χ1n) is 9.94. The molecule has 6 nitrogen and oxygen atoms in total. The number of pyridine rings is 1. The minimum Gasteiger partial charge on any atom is -0.279 e. The number of aromatic amines is 1. The van der Waals surface area contributed by atoms with Crippen molar-refractivity contribution in [2.24, 2.45) is 0 Å². The zero-order chi connectivity index (χ0) is 23.2. The lowest BCUT2D eigenvalue weighted by atomic mass is 10.1. The summed E-state index contributed by atoms with van der Waals surface area (Å²) >= 11 is 5.84. The van der Waals surface area contributed by atoms with Gasteiger partial charge in [0.15, 0.2) is 11.5 Å². The van der Waals surface area contributed by atoms with Crippen molar-refractivity contribution in [1.29, 1.82) is 0 Å². The number of aromatic nitrogens is 3. The summed E-state index contributed by atoms with van der Waals surface area (Å²) in [6, 6.07) is 9.22. The normalized spacial score (nSPS) is 13.5. The number of H-pyrrole nitrogens is 1. The quantitative estimate of drug-likeness (QED) is 0.400. The van der Waals surface area contributed by atoms with Crippen LogP contribution in [0, 0.1) is 23.5 Å². The number of halogens is 3. The SMILES string of the molecule is O=S(=O)(Nc1ccc(F)c(C#Cc2cnc3n[nH]c(C4CC4)c3c2)c1F)c1cccc(Cl)c1. The highest BCUT2D eigenvalue weighted by Gasteiger charge is 2.27. The fraction of sp³-hybridized carbons (Fsp3) is 0.130. The van der Waals surface area contributed by atoms with Gasteiger partial charge in [-0.2, -0.15) is 5.10 Å². The number of benzene rings is 2. The van der Waals surface area contributed by atoms with Crippen LogP contribution in [-0.4, -0.2) is 23.6 Å². The van der Waals surface area contributed by atoms with Crippen LogP contribution in [0.15, 0.2) is 53.6 Å². The molecular weight excluding hydrogens is 470 g/mol. The smallest absolute Gasteiger partial charge is 0.262 e. The highest BCUT2D eigenvalue weighted by atomic mass is 35.5. The molecule has 1 aliphatic carbocycles. The Labute approximate surface area is 193 Å². The maximum Gasteiger partial charge on any atom is 0.262 e. The average Bonchev–Trinajstić information content (AvgIpc) is 3.54. The van der Waals surface area contributed by atoms with E-state index in [1.54, 1.807) is 6.07 Å². The van der Waals surface area contributed by atoms with Gasteiger partial charge in [-0.05, 0) is 49.2 Å². The van der Waals surface area contributed by atoms with Crippen molar-refractivity contribution in [2.75, 3.05) is 4.72 Å². The van der Waals surface area contributed by atoms with Gasteiger partial charge >= 0.3 is 0 Å². The zero-order valence-electron chi connectivity index (χ0n) is 16.9. The highest BCUT2D eigenvalue weighted by molar-refractivity contribution is 7.92. The number of sulfonamides is 1. The second kappa shape index (κ2) is 8.14. The lowest BCUT2D eigenvalue weighted by molar-refractivity contribution is 0.578. The molecule has 2 N–H and O–H groups in total. The van der Waals surface area contributed by atoms with Crippen LogP contribution in [0.1, 0.15) is 35.6 Å². The average molecular weight is 485 g/mol. The largest absolute Gasteiger partial charge is 0.279 e. The van der Waals surface area contributed by atoms with Crippen molar-refractivity contribution >= 4 is 38.3 Å². The molecule has 1 aliphatic rings. The number of fused-ring (bicyclic) bond motifs is 1. The first-order chi connectivity index (χ1) is 15.8. The molecule has 0 saturated heterocycles. The van der Waals surface area contributed by atoms with Gasteiger partial charge in [-0.3, -0.25) is 9.82 Å². The molecule has 0 atom stereocenters. The molecule has 0 aliphatic heterocycles. The summed E-state index contributed by atoms with van der Waals surface area (Å²) < 4.78 is 56.7. The van der Waals surface area contributed by atoms with E-state index in [-0.39, 0.29) is 9.92 Å². The molecule has 5 rings (SSSR count). The van der Waals surface area contributed by atoms with E-state index >= 15 is 4.39 Å². The summed E-state index contributed by atoms with van der Waals surface area (Å²) in [5.74, 6) is 3.56. The maximum absolute atomic E-state index is 15.0. The number of anilines is 1. The molecule has 4 aromatic rings. The van der Waals surface area contributed by atoms with Crippen molar-refractivity contribution in [1.82, 2.24) is 15.2 Å². The Morgan fingerprint density at radius 1 is 1.12 bits per heavy atom. The van der Waals surface area contributed by atoms with Crippen LogP contribution in [0.2, 0.25) is 5.02 Å².